The van der Waals surface area contributed by atoms with E-state index in [0.29, 0.717) is 0 Å². The smallest absolute Gasteiger partial charge is 0.0802 e. The van der Waals surface area contributed by atoms with E-state index >= 15 is 0 Å². The van der Waals surface area contributed by atoms with Gasteiger partial charge in [-0.05, 0) is 18.6 Å². The maximum absolute atomic E-state index is 5.13. The molecule has 62 valence electrons. The summed E-state index contributed by atoms with van der Waals surface area (Å²) in [5, 5.41) is 0. The maximum Gasteiger partial charge on any atom is 0.0802 e. The molecule has 1 aromatic rings. The Hall–Kier alpha value is 0.320. The van der Waals surface area contributed by atoms with Gasteiger partial charge in [0.1, 0.15) is 0 Å². The van der Waals surface area contributed by atoms with E-state index in [1.807, 2.05) is 0 Å². The fourth-order valence-electron chi connectivity index (χ4n) is 0.874. The first kappa shape index (κ1) is 9.41. The molecule has 4 heteroatoms. The molecule has 2 nitrogen and oxygen atoms in total. The molecule has 0 aliphatic carbocycles. The second-order valence-corrected chi connectivity index (χ2v) is 3.75. The molecule has 0 saturated carbocycles. The van der Waals surface area contributed by atoms with E-state index in [1.165, 1.54) is 14.8 Å². The SMILES string of the molecule is Cc1ccn(CCOSI)c1. The Kier molecular flexibility index (Phi) is 4.32. The van der Waals surface area contributed by atoms with Crippen LogP contribution in [0.3, 0.4) is 0 Å². The first-order chi connectivity index (χ1) is 5.33. The first-order valence-electron chi connectivity index (χ1n) is 3.35. The molecule has 0 radical (unpaired) electrons. The van der Waals surface area contributed by atoms with Crippen LogP contribution in [0, 0.1) is 6.92 Å². The van der Waals surface area contributed by atoms with E-state index < -0.39 is 0 Å². The highest BCUT2D eigenvalue weighted by Crippen LogP contribution is 2.11. The lowest BCUT2D eigenvalue weighted by Gasteiger charge is -1.99. The van der Waals surface area contributed by atoms with E-state index in [4.69, 9.17) is 4.18 Å². The second kappa shape index (κ2) is 5.05. The normalized spacial score (nSPS) is 10.4. The molecule has 0 atom stereocenters. The minimum atomic E-state index is 0.766. The molecule has 0 unspecified atom stereocenters. The molecule has 1 aromatic heterocycles. The van der Waals surface area contributed by atoms with Gasteiger partial charge in [0.15, 0.2) is 0 Å². The molecule has 0 N–H and O–H groups in total. The van der Waals surface area contributed by atoms with E-state index in [0.717, 1.165) is 13.2 Å². The van der Waals surface area contributed by atoms with E-state index in [2.05, 4.69) is 51.2 Å². The fraction of sp³-hybridized carbons (Fsp3) is 0.429. The summed E-state index contributed by atoms with van der Waals surface area (Å²) in [5.74, 6) is 0. The summed E-state index contributed by atoms with van der Waals surface area (Å²) >= 11 is 2.12. The van der Waals surface area contributed by atoms with Gasteiger partial charge in [-0.2, -0.15) is 0 Å². The van der Waals surface area contributed by atoms with Crippen LogP contribution in [0.15, 0.2) is 18.5 Å². The average molecular weight is 283 g/mol. The van der Waals surface area contributed by atoms with Crippen molar-refractivity contribution in [3.63, 3.8) is 0 Å². The molecule has 0 saturated heterocycles. The molecule has 0 aliphatic rings. The van der Waals surface area contributed by atoms with Crippen molar-refractivity contribution in [3.05, 3.63) is 24.0 Å². The Bertz CT molecular complexity index is 214. The van der Waals surface area contributed by atoms with Gasteiger partial charge in [-0.25, -0.2) is 0 Å². The third kappa shape index (κ3) is 3.48. The third-order valence-corrected chi connectivity index (χ3v) is 2.39. The molecule has 0 bridgehead atoms. The van der Waals surface area contributed by atoms with Crippen LogP contribution in [0.5, 0.6) is 0 Å². The molecule has 0 spiro atoms. The number of hydrogen-bond acceptors (Lipinski definition) is 2. The van der Waals surface area contributed by atoms with E-state index in [-0.39, 0.29) is 0 Å². The van der Waals surface area contributed by atoms with Gasteiger partial charge in [-0.15, -0.1) is 0 Å². The van der Waals surface area contributed by atoms with Gasteiger partial charge in [0, 0.05) is 40.1 Å². The number of aromatic nitrogens is 1. The number of nitrogens with zero attached hydrogens (tertiary/aromatic N) is 1. The van der Waals surface area contributed by atoms with Gasteiger partial charge < -0.3 is 8.75 Å². The maximum atomic E-state index is 5.13. The zero-order chi connectivity index (χ0) is 8.10. The minimum Gasteiger partial charge on any atom is -0.352 e. The van der Waals surface area contributed by atoms with Crippen molar-refractivity contribution in [2.45, 2.75) is 13.5 Å². The summed E-state index contributed by atoms with van der Waals surface area (Å²) in [6, 6.07) is 2.09. The van der Waals surface area contributed by atoms with Crippen molar-refractivity contribution in [2.75, 3.05) is 6.61 Å². The monoisotopic (exact) mass is 283 g/mol. The number of halogens is 1. The van der Waals surface area contributed by atoms with Gasteiger partial charge in [-0.3, -0.25) is 0 Å². The molecular weight excluding hydrogens is 273 g/mol. The van der Waals surface area contributed by atoms with Crippen LogP contribution in [0.4, 0.5) is 0 Å². The van der Waals surface area contributed by atoms with Crippen molar-refractivity contribution in [3.8, 4) is 0 Å². The topological polar surface area (TPSA) is 14.2 Å². The molecular formula is C7H10INOS. The summed E-state index contributed by atoms with van der Waals surface area (Å²) in [6.45, 7) is 3.79. The molecule has 1 heterocycles. The summed E-state index contributed by atoms with van der Waals surface area (Å²) in [6.07, 6.45) is 4.18. The van der Waals surface area contributed by atoms with E-state index in [1.54, 1.807) is 0 Å². The van der Waals surface area contributed by atoms with Crippen LogP contribution < -0.4 is 0 Å². The van der Waals surface area contributed by atoms with Crippen LogP contribution in [0.25, 0.3) is 0 Å². The summed E-state index contributed by atoms with van der Waals surface area (Å²) in [7, 11) is 1.38. The van der Waals surface area contributed by atoms with Crippen LogP contribution in [0.1, 0.15) is 5.56 Å². The van der Waals surface area contributed by atoms with Crippen molar-refractivity contribution in [2.24, 2.45) is 0 Å². The van der Waals surface area contributed by atoms with Gasteiger partial charge >= 0.3 is 0 Å². The number of rotatable bonds is 4. The van der Waals surface area contributed by atoms with Crippen LogP contribution in [-0.4, -0.2) is 11.2 Å². The van der Waals surface area contributed by atoms with Crippen LogP contribution in [-0.2, 0) is 10.7 Å². The predicted molar refractivity (Wildman–Crippen MR) is 56.7 cm³/mol. The quantitative estimate of drug-likeness (QED) is 0.479. The van der Waals surface area contributed by atoms with Crippen molar-refractivity contribution >= 4 is 30.4 Å². The Morgan fingerprint density at radius 2 is 2.55 bits per heavy atom. The molecule has 0 aliphatic heterocycles. The largest absolute Gasteiger partial charge is 0.352 e. The van der Waals surface area contributed by atoms with E-state index in [9.17, 15) is 0 Å². The average Bonchev–Trinajstić information content (AvgIpc) is 2.37. The highest BCUT2D eigenvalue weighted by atomic mass is 127. The lowest BCUT2D eigenvalue weighted by molar-refractivity contribution is 0.354. The minimum absolute atomic E-state index is 0.766. The number of aryl methyl sites for hydroxylation is 1. The van der Waals surface area contributed by atoms with Crippen molar-refractivity contribution < 1.29 is 4.18 Å². The van der Waals surface area contributed by atoms with Gasteiger partial charge in [0.2, 0.25) is 0 Å². The van der Waals surface area contributed by atoms with Gasteiger partial charge in [0.05, 0.1) is 15.8 Å². The van der Waals surface area contributed by atoms with Gasteiger partial charge in [-0.1, -0.05) is 0 Å². The van der Waals surface area contributed by atoms with Crippen molar-refractivity contribution in [1.82, 2.24) is 4.57 Å². The Morgan fingerprint density at radius 1 is 1.73 bits per heavy atom. The predicted octanol–water partition coefficient (Wildman–Crippen LogP) is 2.81. The molecule has 0 amide bonds. The first-order valence-corrected chi connectivity index (χ1v) is 6.64. The van der Waals surface area contributed by atoms with Crippen molar-refractivity contribution in [1.29, 1.82) is 0 Å². The molecule has 11 heavy (non-hydrogen) atoms. The third-order valence-electron chi connectivity index (χ3n) is 1.38. The van der Waals surface area contributed by atoms with Gasteiger partial charge in [0.25, 0.3) is 0 Å². The highest BCUT2D eigenvalue weighted by molar-refractivity contribution is 14.2. The summed E-state index contributed by atoms with van der Waals surface area (Å²) < 4.78 is 7.26. The fourth-order valence-corrected chi connectivity index (χ4v) is 1.55. The lowest BCUT2D eigenvalue weighted by Crippen LogP contribution is -1.99. The number of hydrogen-bond donors (Lipinski definition) is 0. The summed E-state index contributed by atoms with van der Waals surface area (Å²) in [4.78, 5) is 0. The Labute approximate surface area is 83.1 Å². The van der Waals surface area contributed by atoms with Crippen LogP contribution >= 0.6 is 30.4 Å². The zero-order valence-electron chi connectivity index (χ0n) is 6.29. The Balaban J connectivity index is 2.27. The molecule has 1 rings (SSSR count). The Morgan fingerprint density at radius 3 is 3.09 bits per heavy atom. The highest BCUT2D eigenvalue weighted by Gasteiger charge is 1.91. The summed E-state index contributed by atoms with van der Waals surface area (Å²) in [5.41, 5.74) is 1.30. The molecule has 0 fully saturated rings. The lowest BCUT2D eigenvalue weighted by atomic mass is 10.4. The molecule has 0 aromatic carbocycles. The van der Waals surface area contributed by atoms with Crippen LogP contribution in [0.2, 0.25) is 0 Å². The zero-order valence-corrected chi connectivity index (χ0v) is 9.26. The standard InChI is InChI=1S/C7H10INOS/c1-7-2-3-9(6-7)4-5-10-11-8/h2-3,6H,4-5H2,1H3. The second-order valence-electron chi connectivity index (χ2n) is 2.31.